The third-order valence-corrected chi connectivity index (χ3v) is 3.73. The lowest BCUT2D eigenvalue weighted by Gasteiger charge is -2.29. The molecule has 2 atom stereocenters. The highest BCUT2D eigenvalue weighted by molar-refractivity contribution is 5.76. The first-order chi connectivity index (χ1) is 10.2. The molecule has 0 aliphatic carbocycles. The normalized spacial score (nSPS) is 18.2. The van der Waals surface area contributed by atoms with Crippen LogP contribution in [0.5, 0.6) is 0 Å². The Hall–Kier alpha value is -1.85. The van der Waals surface area contributed by atoms with E-state index in [1.807, 2.05) is 18.3 Å². The van der Waals surface area contributed by atoms with Gasteiger partial charge in [0.15, 0.2) is 6.23 Å². The van der Waals surface area contributed by atoms with Crippen molar-refractivity contribution in [2.45, 2.75) is 25.6 Å². The van der Waals surface area contributed by atoms with Crippen LogP contribution in [0.2, 0.25) is 0 Å². The van der Waals surface area contributed by atoms with Crippen molar-refractivity contribution in [3.63, 3.8) is 0 Å². The van der Waals surface area contributed by atoms with Gasteiger partial charge in [-0.05, 0) is 18.1 Å². The average molecular weight is 289 g/mol. The number of methoxy groups -OCH3 is 1. The molecular weight excluding hydrogens is 266 g/mol. The van der Waals surface area contributed by atoms with E-state index < -0.39 is 0 Å². The topological polar surface area (TPSA) is 62.4 Å². The van der Waals surface area contributed by atoms with E-state index in [9.17, 15) is 4.79 Å². The SMILES string of the molecule is CNC(=O)CCNC(C)C1=CNC(OC)c2ccccc21. The maximum atomic E-state index is 11.3. The Morgan fingerprint density at radius 2 is 2.19 bits per heavy atom. The highest BCUT2D eigenvalue weighted by Crippen LogP contribution is 2.30. The predicted octanol–water partition coefficient (Wildman–Crippen LogP) is 1.39. The highest BCUT2D eigenvalue weighted by atomic mass is 16.5. The molecule has 114 valence electrons. The molecule has 2 rings (SSSR count). The second-order valence-corrected chi connectivity index (χ2v) is 5.07. The van der Waals surface area contributed by atoms with Crippen molar-refractivity contribution in [1.29, 1.82) is 0 Å². The molecule has 5 nitrogen and oxygen atoms in total. The Kier molecular flexibility index (Phi) is 5.36. The lowest BCUT2D eigenvalue weighted by molar-refractivity contribution is -0.120. The van der Waals surface area contributed by atoms with Gasteiger partial charge in [0, 0.05) is 44.9 Å². The minimum atomic E-state index is -0.108. The van der Waals surface area contributed by atoms with Gasteiger partial charge in [-0.1, -0.05) is 24.3 Å². The fraction of sp³-hybridized carbons (Fsp3) is 0.438. The molecule has 0 aromatic heterocycles. The molecule has 1 aromatic rings. The third-order valence-electron chi connectivity index (χ3n) is 3.73. The van der Waals surface area contributed by atoms with Crippen LogP contribution in [0.1, 0.15) is 30.7 Å². The Labute approximate surface area is 125 Å². The minimum absolute atomic E-state index is 0.0466. The summed E-state index contributed by atoms with van der Waals surface area (Å²) in [7, 11) is 3.35. The largest absolute Gasteiger partial charge is 0.362 e. The quantitative estimate of drug-likeness (QED) is 0.740. The Morgan fingerprint density at radius 3 is 2.90 bits per heavy atom. The van der Waals surface area contributed by atoms with Crippen molar-refractivity contribution in [1.82, 2.24) is 16.0 Å². The van der Waals surface area contributed by atoms with E-state index in [1.165, 1.54) is 11.1 Å². The van der Waals surface area contributed by atoms with Crippen LogP contribution in [0.3, 0.4) is 0 Å². The van der Waals surface area contributed by atoms with Gasteiger partial charge in [0.2, 0.25) is 5.91 Å². The summed E-state index contributed by atoms with van der Waals surface area (Å²) in [5.41, 5.74) is 3.50. The summed E-state index contributed by atoms with van der Waals surface area (Å²) in [4.78, 5) is 11.3. The van der Waals surface area contributed by atoms with Gasteiger partial charge in [-0.15, -0.1) is 0 Å². The van der Waals surface area contributed by atoms with Crippen LogP contribution in [0, 0.1) is 0 Å². The molecule has 1 amide bonds. The Balaban J connectivity index is 2.06. The smallest absolute Gasteiger partial charge is 0.221 e. The molecule has 0 saturated carbocycles. The van der Waals surface area contributed by atoms with E-state index in [2.05, 4.69) is 35.0 Å². The summed E-state index contributed by atoms with van der Waals surface area (Å²) in [5, 5.41) is 9.27. The van der Waals surface area contributed by atoms with E-state index in [0.717, 1.165) is 5.56 Å². The number of carbonyl (C=O) groups excluding carboxylic acids is 1. The molecule has 5 heteroatoms. The van der Waals surface area contributed by atoms with Gasteiger partial charge in [-0.3, -0.25) is 4.79 Å². The van der Waals surface area contributed by atoms with Gasteiger partial charge in [-0.25, -0.2) is 0 Å². The van der Waals surface area contributed by atoms with Crippen molar-refractivity contribution in [2.75, 3.05) is 20.7 Å². The molecule has 1 aliphatic heterocycles. The van der Waals surface area contributed by atoms with Crippen LogP contribution in [-0.2, 0) is 9.53 Å². The number of amides is 1. The van der Waals surface area contributed by atoms with Crippen LogP contribution < -0.4 is 16.0 Å². The number of ether oxygens (including phenoxy) is 1. The van der Waals surface area contributed by atoms with E-state index in [4.69, 9.17) is 4.74 Å². The molecule has 1 heterocycles. The van der Waals surface area contributed by atoms with Crippen LogP contribution >= 0.6 is 0 Å². The molecule has 0 bridgehead atoms. The zero-order valence-electron chi connectivity index (χ0n) is 12.8. The Morgan fingerprint density at radius 1 is 1.43 bits per heavy atom. The first-order valence-corrected chi connectivity index (χ1v) is 7.19. The number of carbonyl (C=O) groups is 1. The minimum Gasteiger partial charge on any atom is -0.362 e. The van der Waals surface area contributed by atoms with Crippen molar-refractivity contribution in [3.8, 4) is 0 Å². The second kappa shape index (κ2) is 7.24. The zero-order chi connectivity index (χ0) is 15.2. The summed E-state index contributed by atoms with van der Waals surface area (Å²) < 4.78 is 5.44. The first kappa shape index (κ1) is 15.5. The molecule has 3 N–H and O–H groups in total. The molecule has 0 fully saturated rings. The van der Waals surface area contributed by atoms with E-state index in [-0.39, 0.29) is 18.2 Å². The molecule has 0 radical (unpaired) electrons. The van der Waals surface area contributed by atoms with Crippen LogP contribution in [0.25, 0.3) is 5.57 Å². The van der Waals surface area contributed by atoms with Gasteiger partial charge in [0.1, 0.15) is 0 Å². The van der Waals surface area contributed by atoms with E-state index in [1.54, 1.807) is 14.2 Å². The fourth-order valence-corrected chi connectivity index (χ4v) is 2.51. The predicted molar refractivity (Wildman–Crippen MR) is 83.5 cm³/mol. The zero-order valence-corrected chi connectivity index (χ0v) is 12.8. The maximum absolute atomic E-state index is 11.3. The van der Waals surface area contributed by atoms with Gasteiger partial charge in [-0.2, -0.15) is 0 Å². The third kappa shape index (κ3) is 3.62. The first-order valence-electron chi connectivity index (χ1n) is 7.19. The number of hydrogen-bond donors (Lipinski definition) is 3. The standard InChI is InChI=1S/C16H23N3O2/c1-11(18-9-8-15(20)17-2)14-10-19-16(21-3)13-7-5-4-6-12(13)14/h4-7,10-11,16,18-19H,8-9H2,1-3H3,(H,17,20). The summed E-state index contributed by atoms with van der Waals surface area (Å²) in [6.07, 6.45) is 2.36. The lowest BCUT2D eigenvalue weighted by atomic mass is 9.92. The summed E-state index contributed by atoms with van der Waals surface area (Å²) in [6, 6.07) is 8.37. The average Bonchev–Trinajstić information content (AvgIpc) is 2.53. The molecule has 1 aromatic carbocycles. The van der Waals surface area contributed by atoms with E-state index in [0.29, 0.717) is 13.0 Å². The van der Waals surface area contributed by atoms with Gasteiger partial charge < -0.3 is 20.7 Å². The number of rotatable bonds is 6. The number of nitrogens with one attached hydrogen (secondary N) is 3. The maximum Gasteiger partial charge on any atom is 0.221 e. The molecule has 0 saturated heterocycles. The molecule has 2 unspecified atom stereocenters. The fourth-order valence-electron chi connectivity index (χ4n) is 2.51. The summed E-state index contributed by atoms with van der Waals surface area (Å²) in [6.45, 7) is 2.75. The number of benzene rings is 1. The van der Waals surface area contributed by atoms with Crippen molar-refractivity contribution >= 4 is 11.5 Å². The van der Waals surface area contributed by atoms with Crippen LogP contribution in [-0.4, -0.2) is 32.7 Å². The molecular formula is C16H23N3O2. The Bertz CT molecular complexity index is 528. The number of hydrogen-bond acceptors (Lipinski definition) is 4. The monoisotopic (exact) mass is 289 g/mol. The van der Waals surface area contributed by atoms with E-state index >= 15 is 0 Å². The van der Waals surface area contributed by atoms with Crippen LogP contribution in [0.4, 0.5) is 0 Å². The van der Waals surface area contributed by atoms with Crippen LogP contribution in [0.15, 0.2) is 30.5 Å². The van der Waals surface area contributed by atoms with Gasteiger partial charge in [0.05, 0.1) is 0 Å². The summed E-state index contributed by atoms with van der Waals surface area (Å²) >= 11 is 0. The molecule has 1 aliphatic rings. The number of fused-ring (bicyclic) bond motifs is 1. The molecule has 21 heavy (non-hydrogen) atoms. The second-order valence-electron chi connectivity index (χ2n) is 5.07. The highest BCUT2D eigenvalue weighted by Gasteiger charge is 2.23. The van der Waals surface area contributed by atoms with Gasteiger partial charge in [0.25, 0.3) is 0 Å². The van der Waals surface area contributed by atoms with Crippen molar-refractivity contribution < 1.29 is 9.53 Å². The van der Waals surface area contributed by atoms with Crippen molar-refractivity contribution in [3.05, 3.63) is 41.6 Å². The lowest BCUT2D eigenvalue weighted by Crippen LogP contribution is -2.34. The van der Waals surface area contributed by atoms with Crippen molar-refractivity contribution in [2.24, 2.45) is 0 Å². The molecule has 0 spiro atoms. The summed E-state index contributed by atoms with van der Waals surface area (Å²) in [5.74, 6) is 0.0466. The van der Waals surface area contributed by atoms with Gasteiger partial charge >= 0.3 is 0 Å².